The Kier molecular flexibility index (Phi) is 4.72. The van der Waals surface area contributed by atoms with Gasteiger partial charge in [-0.05, 0) is 37.8 Å². The van der Waals surface area contributed by atoms with Crippen LogP contribution in [0, 0.1) is 21.4 Å². The molecule has 0 aromatic heterocycles. The molecule has 1 aromatic rings. The number of amides is 1. The van der Waals surface area contributed by atoms with Gasteiger partial charge in [-0.3, -0.25) is 14.9 Å². The third-order valence-corrected chi connectivity index (χ3v) is 3.71. The second-order valence-corrected chi connectivity index (χ2v) is 5.08. The predicted molar refractivity (Wildman–Crippen MR) is 76.7 cm³/mol. The first kappa shape index (κ1) is 14.8. The summed E-state index contributed by atoms with van der Waals surface area (Å²) in [5, 5.41) is 25.8. The quantitative estimate of drug-likeness (QED) is 0.489. The van der Waals surface area contributed by atoms with Gasteiger partial charge in [-0.2, -0.15) is 5.26 Å². The molecular formula is C14H16N4O3. The Labute approximate surface area is 122 Å². The number of nitro groups is 1. The van der Waals surface area contributed by atoms with Gasteiger partial charge in [0.2, 0.25) is 6.41 Å². The van der Waals surface area contributed by atoms with Gasteiger partial charge < -0.3 is 10.6 Å². The molecular weight excluding hydrogens is 272 g/mol. The maximum atomic E-state index is 11.1. The molecule has 0 bridgehead atoms. The van der Waals surface area contributed by atoms with Gasteiger partial charge in [0, 0.05) is 18.2 Å². The molecule has 0 radical (unpaired) electrons. The van der Waals surface area contributed by atoms with E-state index in [1.54, 1.807) is 12.1 Å². The number of rotatable bonds is 5. The van der Waals surface area contributed by atoms with E-state index in [0.29, 0.717) is 12.1 Å². The van der Waals surface area contributed by atoms with Crippen molar-refractivity contribution >= 4 is 17.8 Å². The van der Waals surface area contributed by atoms with Crippen LogP contribution in [0.25, 0.3) is 0 Å². The van der Waals surface area contributed by atoms with Crippen LogP contribution < -0.4 is 10.6 Å². The summed E-state index contributed by atoms with van der Waals surface area (Å²) in [6, 6.07) is 6.65. The summed E-state index contributed by atoms with van der Waals surface area (Å²) in [5.74, 6) is 0. The number of hydrogen-bond donors (Lipinski definition) is 2. The zero-order chi connectivity index (χ0) is 15.2. The second kappa shape index (κ2) is 6.70. The zero-order valence-corrected chi connectivity index (χ0v) is 11.4. The Morgan fingerprint density at radius 1 is 1.29 bits per heavy atom. The summed E-state index contributed by atoms with van der Waals surface area (Å²) < 4.78 is 0. The smallest absolute Gasteiger partial charge is 0.293 e. The Hall–Kier alpha value is -2.62. The van der Waals surface area contributed by atoms with E-state index in [-0.39, 0.29) is 23.3 Å². The van der Waals surface area contributed by atoms with E-state index < -0.39 is 4.92 Å². The largest absolute Gasteiger partial charge is 0.377 e. The molecule has 7 nitrogen and oxygen atoms in total. The van der Waals surface area contributed by atoms with Gasteiger partial charge in [0.25, 0.3) is 5.69 Å². The first-order valence-electron chi connectivity index (χ1n) is 6.79. The molecule has 0 heterocycles. The van der Waals surface area contributed by atoms with Crippen LogP contribution in [0.15, 0.2) is 18.2 Å². The summed E-state index contributed by atoms with van der Waals surface area (Å²) in [4.78, 5) is 21.0. The van der Waals surface area contributed by atoms with E-state index in [1.807, 2.05) is 6.07 Å². The van der Waals surface area contributed by atoms with Gasteiger partial charge in [0.1, 0.15) is 5.69 Å². The van der Waals surface area contributed by atoms with Gasteiger partial charge >= 0.3 is 0 Å². The molecule has 2 rings (SSSR count). The molecule has 2 N–H and O–H groups in total. The number of benzene rings is 1. The Bertz CT molecular complexity index is 574. The maximum Gasteiger partial charge on any atom is 0.293 e. The van der Waals surface area contributed by atoms with Gasteiger partial charge in [-0.15, -0.1) is 0 Å². The van der Waals surface area contributed by atoms with Crippen LogP contribution in [0.1, 0.15) is 31.2 Å². The molecule has 0 aliphatic heterocycles. The fourth-order valence-electron chi connectivity index (χ4n) is 2.59. The van der Waals surface area contributed by atoms with Crippen molar-refractivity contribution in [2.45, 2.75) is 37.8 Å². The lowest BCUT2D eigenvalue weighted by molar-refractivity contribution is -0.384. The van der Waals surface area contributed by atoms with E-state index in [0.717, 1.165) is 25.7 Å². The summed E-state index contributed by atoms with van der Waals surface area (Å²) in [6.45, 7) is 0. The Morgan fingerprint density at radius 2 is 1.95 bits per heavy atom. The molecule has 1 aliphatic carbocycles. The molecule has 1 aliphatic rings. The van der Waals surface area contributed by atoms with Crippen molar-refractivity contribution in [3.63, 3.8) is 0 Å². The molecule has 7 heteroatoms. The van der Waals surface area contributed by atoms with Crippen LogP contribution in [-0.2, 0) is 4.79 Å². The third-order valence-electron chi connectivity index (χ3n) is 3.71. The van der Waals surface area contributed by atoms with Crippen LogP contribution in [0.2, 0.25) is 0 Å². The number of carbonyl (C=O) groups is 1. The van der Waals surface area contributed by atoms with Gasteiger partial charge in [0.15, 0.2) is 0 Å². The number of carbonyl (C=O) groups excluding carboxylic acids is 1. The van der Waals surface area contributed by atoms with Crippen molar-refractivity contribution in [3.05, 3.63) is 33.9 Å². The van der Waals surface area contributed by atoms with Crippen molar-refractivity contribution in [2.75, 3.05) is 5.32 Å². The van der Waals surface area contributed by atoms with Crippen molar-refractivity contribution < 1.29 is 9.72 Å². The second-order valence-electron chi connectivity index (χ2n) is 5.08. The highest BCUT2D eigenvalue weighted by Crippen LogP contribution is 2.29. The average molecular weight is 288 g/mol. The summed E-state index contributed by atoms with van der Waals surface area (Å²) in [5.41, 5.74) is 0.624. The van der Waals surface area contributed by atoms with E-state index in [4.69, 9.17) is 5.26 Å². The summed E-state index contributed by atoms with van der Waals surface area (Å²) >= 11 is 0. The van der Waals surface area contributed by atoms with Crippen molar-refractivity contribution in [1.82, 2.24) is 5.32 Å². The van der Waals surface area contributed by atoms with Crippen molar-refractivity contribution in [2.24, 2.45) is 0 Å². The van der Waals surface area contributed by atoms with E-state index in [2.05, 4.69) is 10.6 Å². The van der Waals surface area contributed by atoms with Gasteiger partial charge in [-0.1, -0.05) is 0 Å². The normalized spacial score (nSPS) is 21.1. The van der Waals surface area contributed by atoms with Crippen LogP contribution in [0.4, 0.5) is 11.4 Å². The summed E-state index contributed by atoms with van der Waals surface area (Å²) in [6.07, 6.45) is 4.08. The molecule has 1 aromatic carbocycles. The van der Waals surface area contributed by atoms with Gasteiger partial charge in [-0.25, -0.2) is 0 Å². The van der Waals surface area contributed by atoms with Crippen LogP contribution in [-0.4, -0.2) is 23.4 Å². The highest BCUT2D eigenvalue weighted by Gasteiger charge is 2.23. The lowest BCUT2D eigenvalue weighted by atomic mass is 9.91. The monoisotopic (exact) mass is 288 g/mol. The molecule has 1 fully saturated rings. The predicted octanol–water partition coefficient (Wildman–Crippen LogP) is 1.94. The topological polar surface area (TPSA) is 108 Å². The molecule has 1 saturated carbocycles. The van der Waals surface area contributed by atoms with E-state index >= 15 is 0 Å². The van der Waals surface area contributed by atoms with Crippen LogP contribution in [0.5, 0.6) is 0 Å². The first-order valence-corrected chi connectivity index (χ1v) is 6.79. The molecule has 1 amide bonds. The number of nitrogens with one attached hydrogen (secondary N) is 2. The molecule has 21 heavy (non-hydrogen) atoms. The SMILES string of the molecule is N#Cc1ccc(NC2CCC(NC=O)CC2)c([N+](=O)[O-])c1. The Morgan fingerprint density at radius 3 is 2.52 bits per heavy atom. The Balaban J connectivity index is 2.05. The molecule has 0 spiro atoms. The zero-order valence-electron chi connectivity index (χ0n) is 11.4. The minimum Gasteiger partial charge on any atom is -0.377 e. The average Bonchev–Trinajstić information content (AvgIpc) is 2.49. The van der Waals surface area contributed by atoms with Crippen LogP contribution in [0.3, 0.4) is 0 Å². The van der Waals surface area contributed by atoms with E-state index in [9.17, 15) is 14.9 Å². The highest BCUT2D eigenvalue weighted by atomic mass is 16.6. The summed E-state index contributed by atoms with van der Waals surface area (Å²) in [7, 11) is 0. The lowest BCUT2D eigenvalue weighted by Crippen LogP contribution is -2.36. The first-order chi connectivity index (χ1) is 10.1. The highest BCUT2D eigenvalue weighted by molar-refractivity contribution is 5.64. The number of nitriles is 1. The number of hydrogen-bond acceptors (Lipinski definition) is 5. The van der Waals surface area contributed by atoms with Crippen molar-refractivity contribution in [1.29, 1.82) is 5.26 Å². The number of nitro benzene ring substituents is 1. The van der Waals surface area contributed by atoms with Crippen LogP contribution >= 0.6 is 0 Å². The minimum absolute atomic E-state index is 0.0813. The van der Waals surface area contributed by atoms with E-state index in [1.165, 1.54) is 6.07 Å². The number of anilines is 1. The fraction of sp³-hybridized carbons (Fsp3) is 0.429. The van der Waals surface area contributed by atoms with Gasteiger partial charge in [0.05, 0.1) is 16.6 Å². The molecule has 0 unspecified atom stereocenters. The molecule has 0 saturated heterocycles. The maximum absolute atomic E-state index is 11.1. The van der Waals surface area contributed by atoms with Crippen molar-refractivity contribution in [3.8, 4) is 6.07 Å². The molecule has 0 atom stereocenters. The minimum atomic E-state index is -0.483. The third kappa shape index (κ3) is 3.69. The number of nitrogens with zero attached hydrogens (tertiary/aromatic N) is 2. The fourth-order valence-corrected chi connectivity index (χ4v) is 2.59. The molecule has 110 valence electrons. The lowest BCUT2D eigenvalue weighted by Gasteiger charge is -2.29. The standard InChI is InChI=1S/C14H16N4O3/c15-8-10-1-6-13(14(7-10)18(20)21)17-12-4-2-11(3-5-12)16-9-19/h1,6-7,9,11-12,17H,2-5H2,(H,16,19).